The molecule has 0 radical (unpaired) electrons. The van der Waals surface area contributed by atoms with E-state index in [4.69, 9.17) is 4.52 Å². The highest BCUT2D eigenvalue weighted by molar-refractivity contribution is 6.08. The van der Waals surface area contributed by atoms with Gasteiger partial charge in [-0.1, -0.05) is 36.2 Å². The number of hydrogen-bond donors (Lipinski definition) is 0. The van der Waals surface area contributed by atoms with Crippen molar-refractivity contribution in [1.82, 2.24) is 10.1 Å². The number of carbonyl (C=O) groups is 1. The monoisotopic (exact) mass is 377 g/mol. The van der Waals surface area contributed by atoms with Gasteiger partial charge in [0.15, 0.2) is 0 Å². The van der Waals surface area contributed by atoms with Gasteiger partial charge in [-0.05, 0) is 37.1 Å². The summed E-state index contributed by atoms with van der Waals surface area (Å²) in [7, 11) is 0. The van der Waals surface area contributed by atoms with Crippen LogP contribution in [0.3, 0.4) is 0 Å². The lowest BCUT2D eigenvalue weighted by Crippen LogP contribution is -2.35. The molecule has 0 N–H and O–H groups in total. The third-order valence-corrected chi connectivity index (χ3v) is 6.00. The van der Waals surface area contributed by atoms with Gasteiger partial charge < -0.3 is 9.42 Å². The zero-order valence-electron chi connectivity index (χ0n) is 15.6. The number of rotatable bonds is 2. The fourth-order valence-corrected chi connectivity index (χ4v) is 4.70. The Kier molecular flexibility index (Phi) is 3.82. The molecule has 1 aliphatic heterocycles. The topological polar surface area (TPSA) is 59.2 Å². The Morgan fingerprint density at radius 3 is 2.57 bits per heavy atom. The molecule has 1 fully saturated rings. The second-order valence-corrected chi connectivity index (χ2v) is 7.73. The molecule has 1 saturated carbocycles. The quantitative estimate of drug-likeness (QED) is 0.652. The first-order valence-electron chi connectivity index (χ1n) is 9.59. The van der Waals surface area contributed by atoms with Crippen molar-refractivity contribution in [3.05, 3.63) is 65.3 Å². The van der Waals surface area contributed by atoms with Crippen molar-refractivity contribution in [2.45, 2.75) is 38.0 Å². The molecule has 142 valence electrons. The van der Waals surface area contributed by atoms with Crippen LogP contribution in [0.2, 0.25) is 0 Å². The number of fused-ring (bicyclic) bond motifs is 2. The van der Waals surface area contributed by atoms with Crippen LogP contribution in [0.4, 0.5) is 10.1 Å². The predicted octanol–water partition coefficient (Wildman–Crippen LogP) is 4.66. The maximum Gasteiger partial charge on any atom is 0.258 e. The Labute approximate surface area is 162 Å². The summed E-state index contributed by atoms with van der Waals surface area (Å²) in [6, 6.07) is 12.2. The van der Waals surface area contributed by atoms with Crippen LogP contribution in [0.25, 0.3) is 11.4 Å². The van der Waals surface area contributed by atoms with Crippen molar-refractivity contribution in [2.24, 2.45) is 0 Å². The molecular weight excluding hydrogens is 357 g/mol. The Morgan fingerprint density at radius 2 is 1.89 bits per heavy atom. The van der Waals surface area contributed by atoms with Gasteiger partial charge in [0.05, 0.1) is 5.69 Å². The summed E-state index contributed by atoms with van der Waals surface area (Å²) in [4.78, 5) is 19.2. The van der Waals surface area contributed by atoms with Gasteiger partial charge in [0.1, 0.15) is 5.82 Å². The lowest BCUT2D eigenvalue weighted by atomic mass is 9.80. The molecule has 5 rings (SSSR count). The van der Waals surface area contributed by atoms with E-state index in [0.29, 0.717) is 29.5 Å². The molecule has 0 atom stereocenters. The van der Waals surface area contributed by atoms with Crippen LogP contribution in [0, 0.1) is 12.7 Å². The van der Waals surface area contributed by atoms with Crippen LogP contribution >= 0.6 is 0 Å². The number of aromatic nitrogens is 2. The molecule has 1 spiro atoms. The summed E-state index contributed by atoms with van der Waals surface area (Å²) < 4.78 is 19.7. The standard InChI is InChI=1S/C22H20FN3O2/c1-14-24-20(25-28-14)15-7-9-16(10-8-15)21(27)26-13-22(11-2-3-12-22)19-17(23)5-4-6-18(19)26/h4-10H,2-3,11-13H2,1H3. The number of nitrogens with zero attached hydrogens (tertiary/aromatic N) is 3. The van der Waals surface area contributed by atoms with Crippen molar-refractivity contribution in [3.63, 3.8) is 0 Å². The maximum atomic E-state index is 14.7. The smallest absolute Gasteiger partial charge is 0.258 e. The third kappa shape index (κ3) is 2.55. The molecule has 1 amide bonds. The number of benzene rings is 2. The van der Waals surface area contributed by atoms with Crippen LogP contribution in [-0.2, 0) is 5.41 Å². The molecule has 1 aliphatic carbocycles. The average Bonchev–Trinajstić information content (AvgIpc) is 3.42. The molecular formula is C22H20FN3O2. The zero-order chi connectivity index (χ0) is 19.3. The van der Waals surface area contributed by atoms with Crippen molar-refractivity contribution in [3.8, 4) is 11.4 Å². The second-order valence-electron chi connectivity index (χ2n) is 7.73. The van der Waals surface area contributed by atoms with Crippen LogP contribution in [0.1, 0.15) is 47.5 Å². The van der Waals surface area contributed by atoms with Gasteiger partial charge in [0.2, 0.25) is 11.7 Å². The largest absolute Gasteiger partial charge is 0.339 e. The number of aryl methyl sites for hydroxylation is 1. The molecule has 3 aromatic rings. The zero-order valence-corrected chi connectivity index (χ0v) is 15.6. The summed E-state index contributed by atoms with van der Waals surface area (Å²) in [5.41, 5.74) is 2.55. The number of halogens is 1. The third-order valence-electron chi connectivity index (χ3n) is 6.00. The Balaban J connectivity index is 1.48. The van der Waals surface area contributed by atoms with Gasteiger partial charge >= 0.3 is 0 Å². The van der Waals surface area contributed by atoms with Crippen LogP contribution in [0.15, 0.2) is 47.0 Å². The lowest BCUT2D eigenvalue weighted by molar-refractivity contribution is 0.0985. The minimum absolute atomic E-state index is 0.105. The first kappa shape index (κ1) is 17.1. The highest BCUT2D eigenvalue weighted by Crippen LogP contribution is 2.51. The van der Waals surface area contributed by atoms with Gasteiger partial charge in [0.25, 0.3) is 5.91 Å². The fraction of sp³-hybridized carbons (Fsp3) is 0.318. The normalized spacial score (nSPS) is 17.3. The van der Waals surface area contributed by atoms with E-state index >= 15 is 0 Å². The van der Waals surface area contributed by atoms with Crippen molar-refractivity contribution in [2.75, 3.05) is 11.4 Å². The molecule has 0 bridgehead atoms. The van der Waals surface area contributed by atoms with Crippen LogP contribution < -0.4 is 4.90 Å². The van der Waals surface area contributed by atoms with Gasteiger partial charge in [-0.3, -0.25) is 4.79 Å². The number of anilines is 1. The number of amides is 1. The molecule has 2 heterocycles. The van der Waals surface area contributed by atoms with E-state index < -0.39 is 0 Å². The van der Waals surface area contributed by atoms with Crippen molar-refractivity contribution in [1.29, 1.82) is 0 Å². The molecule has 0 saturated heterocycles. The molecule has 28 heavy (non-hydrogen) atoms. The predicted molar refractivity (Wildman–Crippen MR) is 103 cm³/mol. The SMILES string of the molecule is Cc1nc(-c2ccc(C(=O)N3CC4(CCCC4)c4c(F)cccc43)cc2)no1. The van der Waals surface area contributed by atoms with E-state index in [1.54, 1.807) is 30.0 Å². The Morgan fingerprint density at radius 1 is 1.14 bits per heavy atom. The minimum atomic E-state index is -0.238. The highest BCUT2D eigenvalue weighted by atomic mass is 19.1. The van der Waals surface area contributed by atoms with E-state index in [2.05, 4.69) is 10.1 Å². The van der Waals surface area contributed by atoms with E-state index in [9.17, 15) is 9.18 Å². The molecule has 2 aliphatic rings. The van der Waals surface area contributed by atoms with Crippen molar-refractivity contribution >= 4 is 11.6 Å². The van der Waals surface area contributed by atoms with Gasteiger partial charge in [0, 0.05) is 35.6 Å². The van der Waals surface area contributed by atoms with E-state index in [1.165, 1.54) is 6.07 Å². The molecule has 5 nitrogen and oxygen atoms in total. The summed E-state index contributed by atoms with van der Waals surface area (Å²) >= 11 is 0. The van der Waals surface area contributed by atoms with Gasteiger partial charge in [-0.25, -0.2) is 4.39 Å². The Bertz CT molecular complexity index is 1050. The summed E-state index contributed by atoms with van der Waals surface area (Å²) in [5.74, 6) is 0.687. The molecule has 2 aromatic carbocycles. The first-order chi connectivity index (χ1) is 13.6. The van der Waals surface area contributed by atoms with Gasteiger partial charge in [-0.15, -0.1) is 0 Å². The van der Waals surface area contributed by atoms with Crippen LogP contribution in [0.5, 0.6) is 0 Å². The van der Waals surface area contributed by atoms with Gasteiger partial charge in [-0.2, -0.15) is 4.98 Å². The number of hydrogen-bond acceptors (Lipinski definition) is 4. The fourth-order valence-electron chi connectivity index (χ4n) is 4.70. The first-order valence-corrected chi connectivity index (χ1v) is 9.59. The average molecular weight is 377 g/mol. The summed E-state index contributed by atoms with van der Waals surface area (Å²) in [5, 5.41) is 3.90. The van der Waals surface area contributed by atoms with E-state index in [0.717, 1.165) is 36.8 Å². The highest BCUT2D eigenvalue weighted by Gasteiger charge is 2.48. The number of carbonyl (C=O) groups excluding carboxylic acids is 1. The molecule has 1 aromatic heterocycles. The maximum absolute atomic E-state index is 14.7. The minimum Gasteiger partial charge on any atom is -0.339 e. The molecule has 6 heteroatoms. The van der Waals surface area contributed by atoms with Crippen molar-refractivity contribution < 1.29 is 13.7 Å². The second kappa shape index (κ2) is 6.26. The van der Waals surface area contributed by atoms with Crippen LogP contribution in [-0.4, -0.2) is 22.6 Å². The summed E-state index contributed by atoms with van der Waals surface area (Å²) in [6.45, 7) is 2.28. The van der Waals surface area contributed by atoms with E-state index in [-0.39, 0.29) is 17.1 Å². The lowest BCUT2D eigenvalue weighted by Gasteiger charge is -2.25. The molecule has 0 unspecified atom stereocenters. The van der Waals surface area contributed by atoms with E-state index in [1.807, 2.05) is 18.2 Å². The summed E-state index contributed by atoms with van der Waals surface area (Å²) in [6.07, 6.45) is 4.02. The Hall–Kier alpha value is -3.02.